The first-order valence-electron chi connectivity index (χ1n) is 7.81. The van der Waals surface area contributed by atoms with Gasteiger partial charge in [-0.2, -0.15) is 0 Å². The predicted molar refractivity (Wildman–Crippen MR) is 89.3 cm³/mol. The number of allylic oxidation sites excluding steroid dienone is 1. The molecule has 1 rings (SSSR count). The monoisotopic (exact) mass is 286 g/mol. The van der Waals surface area contributed by atoms with Gasteiger partial charge in [-0.05, 0) is 25.3 Å². The Morgan fingerprint density at radius 2 is 1.67 bits per heavy atom. The van der Waals surface area contributed by atoms with Gasteiger partial charge in [-0.3, -0.25) is 4.79 Å². The third-order valence-electron chi connectivity index (χ3n) is 3.40. The predicted octanol–water partition coefficient (Wildman–Crippen LogP) is 5.54. The summed E-state index contributed by atoms with van der Waals surface area (Å²) in [5, 5.41) is 0. The molecule has 0 unspecified atom stereocenters. The second-order valence-corrected chi connectivity index (χ2v) is 5.16. The van der Waals surface area contributed by atoms with Crippen molar-refractivity contribution in [3.8, 4) is 5.75 Å². The minimum absolute atomic E-state index is 0.157. The number of unbranched alkanes of at least 4 members (excludes halogenated alkanes) is 6. The number of hydrogen-bond donors (Lipinski definition) is 0. The second kappa shape index (κ2) is 10.9. The van der Waals surface area contributed by atoms with Crippen LogP contribution in [0.1, 0.15) is 56.9 Å². The summed E-state index contributed by atoms with van der Waals surface area (Å²) >= 11 is 0. The Morgan fingerprint density at radius 3 is 2.38 bits per heavy atom. The third-order valence-corrected chi connectivity index (χ3v) is 3.40. The molecule has 0 amide bonds. The first kappa shape index (κ1) is 17.2. The molecule has 2 nitrogen and oxygen atoms in total. The van der Waals surface area contributed by atoms with Crippen LogP contribution in [0.4, 0.5) is 0 Å². The molecule has 0 aromatic heterocycles. The highest BCUT2D eigenvalue weighted by atomic mass is 16.5. The molecule has 0 saturated heterocycles. The van der Waals surface area contributed by atoms with Crippen LogP contribution in [0.5, 0.6) is 5.75 Å². The highest BCUT2D eigenvalue weighted by Gasteiger charge is 2.06. The summed E-state index contributed by atoms with van der Waals surface area (Å²) in [7, 11) is 0. The summed E-state index contributed by atoms with van der Waals surface area (Å²) in [4.78, 5) is 11.8. The van der Waals surface area contributed by atoms with E-state index in [0.29, 0.717) is 12.2 Å². The van der Waals surface area contributed by atoms with Crippen LogP contribution in [0.2, 0.25) is 0 Å². The molecule has 0 aliphatic carbocycles. The Kier molecular flexibility index (Phi) is 8.94. The fraction of sp³-hybridized carbons (Fsp3) is 0.421. The summed E-state index contributed by atoms with van der Waals surface area (Å²) < 4.78 is 5.37. The van der Waals surface area contributed by atoms with Crippen LogP contribution in [0.25, 0.3) is 6.08 Å². The molecule has 0 saturated carbocycles. The van der Waals surface area contributed by atoms with Crippen LogP contribution in [0.15, 0.2) is 43.5 Å². The standard InChI is InChI=1S/C19H26O2/c1-3-5-6-7-8-9-10-11-16-19(20)21-18-15-13-12-14-17(18)4-2/h3-4,12-15H,1-2,5-11,16H2. The van der Waals surface area contributed by atoms with Gasteiger partial charge < -0.3 is 4.74 Å². The zero-order chi connectivity index (χ0) is 15.3. The molecule has 21 heavy (non-hydrogen) atoms. The molecule has 0 atom stereocenters. The normalized spacial score (nSPS) is 10.1. The van der Waals surface area contributed by atoms with Crippen molar-refractivity contribution in [2.45, 2.75) is 51.4 Å². The molecule has 0 aliphatic rings. The number of carbonyl (C=O) groups is 1. The molecule has 114 valence electrons. The Bertz CT molecular complexity index is 449. The zero-order valence-electron chi connectivity index (χ0n) is 12.9. The maximum absolute atomic E-state index is 11.8. The fourth-order valence-electron chi connectivity index (χ4n) is 2.18. The van der Waals surface area contributed by atoms with Crippen molar-refractivity contribution in [1.29, 1.82) is 0 Å². The summed E-state index contributed by atoms with van der Waals surface area (Å²) in [5.41, 5.74) is 0.855. The lowest BCUT2D eigenvalue weighted by Gasteiger charge is -2.07. The van der Waals surface area contributed by atoms with Crippen molar-refractivity contribution in [2.24, 2.45) is 0 Å². The molecular formula is C19H26O2. The van der Waals surface area contributed by atoms with Gasteiger partial charge in [0.05, 0.1) is 0 Å². The summed E-state index contributed by atoms with van der Waals surface area (Å²) in [6, 6.07) is 7.45. The first-order chi connectivity index (χ1) is 10.3. The van der Waals surface area contributed by atoms with E-state index in [1.807, 2.05) is 24.3 Å². The van der Waals surface area contributed by atoms with Crippen molar-refractivity contribution >= 4 is 12.0 Å². The van der Waals surface area contributed by atoms with Crippen molar-refractivity contribution < 1.29 is 9.53 Å². The van der Waals surface area contributed by atoms with Crippen molar-refractivity contribution in [1.82, 2.24) is 0 Å². The van der Waals surface area contributed by atoms with E-state index in [0.717, 1.165) is 24.8 Å². The fourth-order valence-corrected chi connectivity index (χ4v) is 2.18. The average Bonchev–Trinajstić information content (AvgIpc) is 2.50. The molecule has 1 aromatic carbocycles. The van der Waals surface area contributed by atoms with Gasteiger partial charge in [0.1, 0.15) is 5.75 Å². The summed E-state index contributed by atoms with van der Waals surface area (Å²) in [6.07, 6.45) is 12.2. The summed E-state index contributed by atoms with van der Waals surface area (Å²) in [5.74, 6) is 0.442. The van der Waals surface area contributed by atoms with Gasteiger partial charge >= 0.3 is 5.97 Å². The Morgan fingerprint density at radius 1 is 1.00 bits per heavy atom. The van der Waals surface area contributed by atoms with Crippen molar-refractivity contribution in [2.75, 3.05) is 0 Å². The Labute approximate surface area is 128 Å². The minimum atomic E-state index is -0.157. The molecule has 1 aromatic rings. The lowest BCUT2D eigenvalue weighted by atomic mass is 10.1. The summed E-state index contributed by atoms with van der Waals surface area (Å²) in [6.45, 7) is 7.43. The van der Waals surface area contributed by atoms with Gasteiger partial charge in [-0.1, -0.05) is 62.6 Å². The molecule has 2 heteroatoms. The van der Waals surface area contributed by atoms with Crippen molar-refractivity contribution in [3.05, 3.63) is 49.1 Å². The molecular weight excluding hydrogens is 260 g/mol. The van der Waals surface area contributed by atoms with E-state index >= 15 is 0 Å². The number of esters is 1. The SMILES string of the molecule is C=CCCCCCCCCC(=O)Oc1ccccc1C=C. The van der Waals surface area contributed by atoms with E-state index in [-0.39, 0.29) is 5.97 Å². The zero-order valence-corrected chi connectivity index (χ0v) is 12.9. The van der Waals surface area contributed by atoms with E-state index < -0.39 is 0 Å². The van der Waals surface area contributed by atoms with Gasteiger partial charge in [0, 0.05) is 12.0 Å². The highest BCUT2D eigenvalue weighted by Crippen LogP contribution is 2.19. The largest absolute Gasteiger partial charge is 0.426 e. The number of para-hydroxylation sites is 1. The maximum atomic E-state index is 11.8. The van der Waals surface area contributed by atoms with Crippen LogP contribution in [-0.4, -0.2) is 5.97 Å². The lowest BCUT2D eigenvalue weighted by Crippen LogP contribution is -2.08. The van der Waals surface area contributed by atoms with Gasteiger partial charge in [0.15, 0.2) is 0 Å². The van der Waals surface area contributed by atoms with E-state index in [1.54, 1.807) is 12.1 Å². The second-order valence-electron chi connectivity index (χ2n) is 5.16. The van der Waals surface area contributed by atoms with Gasteiger partial charge in [0.25, 0.3) is 0 Å². The lowest BCUT2D eigenvalue weighted by molar-refractivity contribution is -0.134. The third kappa shape index (κ3) is 7.50. The highest BCUT2D eigenvalue weighted by molar-refractivity contribution is 5.74. The smallest absolute Gasteiger partial charge is 0.311 e. The molecule has 0 aliphatic heterocycles. The Balaban J connectivity index is 2.14. The quantitative estimate of drug-likeness (QED) is 0.231. The average molecular weight is 286 g/mol. The van der Waals surface area contributed by atoms with Crippen LogP contribution >= 0.6 is 0 Å². The molecule has 0 radical (unpaired) electrons. The molecule has 0 heterocycles. The Hall–Kier alpha value is -1.83. The van der Waals surface area contributed by atoms with Crippen LogP contribution in [0.3, 0.4) is 0 Å². The number of carbonyl (C=O) groups excluding carboxylic acids is 1. The van der Waals surface area contributed by atoms with Crippen molar-refractivity contribution in [3.63, 3.8) is 0 Å². The molecule has 0 bridgehead atoms. The number of hydrogen-bond acceptors (Lipinski definition) is 2. The number of ether oxygens (including phenoxy) is 1. The first-order valence-corrected chi connectivity index (χ1v) is 7.81. The van der Waals surface area contributed by atoms with E-state index in [9.17, 15) is 4.79 Å². The number of benzene rings is 1. The van der Waals surface area contributed by atoms with E-state index in [4.69, 9.17) is 4.74 Å². The van der Waals surface area contributed by atoms with E-state index in [2.05, 4.69) is 13.2 Å². The minimum Gasteiger partial charge on any atom is -0.426 e. The van der Waals surface area contributed by atoms with Crippen LogP contribution in [0, 0.1) is 0 Å². The van der Waals surface area contributed by atoms with E-state index in [1.165, 1.54) is 25.7 Å². The molecule has 0 N–H and O–H groups in total. The topological polar surface area (TPSA) is 26.3 Å². The van der Waals surface area contributed by atoms with Crippen LogP contribution < -0.4 is 4.74 Å². The van der Waals surface area contributed by atoms with Gasteiger partial charge in [-0.15, -0.1) is 6.58 Å². The molecule has 0 spiro atoms. The van der Waals surface area contributed by atoms with Crippen LogP contribution in [-0.2, 0) is 4.79 Å². The molecule has 0 fully saturated rings. The van der Waals surface area contributed by atoms with Gasteiger partial charge in [-0.25, -0.2) is 0 Å². The maximum Gasteiger partial charge on any atom is 0.311 e. The number of rotatable bonds is 11. The van der Waals surface area contributed by atoms with Gasteiger partial charge in [0.2, 0.25) is 0 Å².